The van der Waals surface area contributed by atoms with E-state index in [1.54, 1.807) is 26.0 Å². The van der Waals surface area contributed by atoms with Gasteiger partial charge in [0.05, 0.1) is 24.7 Å². The number of anilines is 1. The SMILES string of the molecule is CC1(C)OCC(CO)(Nc2ccc(Br)cc2[N+](=O)[O-])CO1. The zero-order chi connectivity index (χ0) is 15.7. The maximum atomic E-state index is 11.1. The molecule has 7 nitrogen and oxygen atoms in total. The molecular formula is C13H17BrN2O5. The smallest absolute Gasteiger partial charge is 0.293 e. The molecule has 2 N–H and O–H groups in total. The van der Waals surface area contributed by atoms with Crippen LogP contribution < -0.4 is 5.32 Å². The van der Waals surface area contributed by atoms with E-state index in [4.69, 9.17) is 9.47 Å². The molecule has 1 heterocycles. The van der Waals surface area contributed by atoms with Crippen LogP contribution in [0.25, 0.3) is 0 Å². The highest BCUT2D eigenvalue weighted by Crippen LogP contribution is 2.32. The highest BCUT2D eigenvalue weighted by molar-refractivity contribution is 9.10. The first-order valence-electron chi connectivity index (χ1n) is 6.38. The van der Waals surface area contributed by atoms with Crippen molar-refractivity contribution in [2.75, 3.05) is 25.1 Å². The van der Waals surface area contributed by atoms with Gasteiger partial charge in [-0.2, -0.15) is 0 Å². The number of hydrogen-bond acceptors (Lipinski definition) is 6. The zero-order valence-electron chi connectivity index (χ0n) is 11.8. The monoisotopic (exact) mass is 360 g/mol. The van der Waals surface area contributed by atoms with Crippen LogP contribution in [-0.2, 0) is 9.47 Å². The number of aliphatic hydroxyl groups is 1. The number of nitro groups is 1. The van der Waals surface area contributed by atoms with Crippen molar-refractivity contribution in [3.8, 4) is 0 Å². The molecule has 0 spiro atoms. The average Bonchev–Trinajstić information content (AvgIpc) is 2.43. The molecule has 1 aromatic rings. The van der Waals surface area contributed by atoms with E-state index in [0.717, 1.165) is 0 Å². The molecule has 0 atom stereocenters. The van der Waals surface area contributed by atoms with Gasteiger partial charge in [0.1, 0.15) is 11.2 Å². The van der Waals surface area contributed by atoms with Gasteiger partial charge in [0, 0.05) is 10.5 Å². The third-order valence-corrected chi connectivity index (χ3v) is 3.74. The Kier molecular flexibility index (Phi) is 4.52. The number of hydrogen-bond donors (Lipinski definition) is 2. The summed E-state index contributed by atoms with van der Waals surface area (Å²) < 4.78 is 11.7. The Bertz CT molecular complexity index is 539. The van der Waals surface area contributed by atoms with Crippen LogP contribution in [0.1, 0.15) is 13.8 Å². The minimum absolute atomic E-state index is 0.0815. The lowest BCUT2D eigenvalue weighted by atomic mass is 10.0. The summed E-state index contributed by atoms with van der Waals surface area (Å²) in [6.45, 7) is 3.65. The lowest BCUT2D eigenvalue weighted by molar-refractivity contribution is -0.384. The van der Waals surface area contributed by atoms with Gasteiger partial charge in [-0.25, -0.2) is 0 Å². The Morgan fingerprint density at radius 1 is 1.43 bits per heavy atom. The zero-order valence-corrected chi connectivity index (χ0v) is 13.3. The number of benzene rings is 1. The number of halogens is 1. The predicted molar refractivity (Wildman–Crippen MR) is 80.2 cm³/mol. The summed E-state index contributed by atoms with van der Waals surface area (Å²) in [7, 11) is 0. The Labute approximate surface area is 130 Å². The average molecular weight is 361 g/mol. The van der Waals surface area contributed by atoms with Crippen LogP contribution in [0.5, 0.6) is 0 Å². The third-order valence-electron chi connectivity index (χ3n) is 3.25. The molecule has 8 heteroatoms. The van der Waals surface area contributed by atoms with Crippen LogP contribution >= 0.6 is 15.9 Å². The molecule has 2 rings (SSSR count). The maximum absolute atomic E-state index is 11.1. The molecule has 0 aromatic heterocycles. The van der Waals surface area contributed by atoms with Gasteiger partial charge in [-0.05, 0) is 26.0 Å². The Morgan fingerprint density at radius 3 is 2.57 bits per heavy atom. The maximum Gasteiger partial charge on any atom is 0.293 e. The molecule has 0 saturated carbocycles. The number of nitro benzene ring substituents is 1. The topological polar surface area (TPSA) is 93.9 Å². The van der Waals surface area contributed by atoms with E-state index in [9.17, 15) is 15.2 Å². The van der Waals surface area contributed by atoms with Crippen LogP contribution in [0.3, 0.4) is 0 Å². The summed E-state index contributed by atoms with van der Waals surface area (Å²) in [4.78, 5) is 10.7. The summed E-state index contributed by atoms with van der Waals surface area (Å²) in [5, 5.41) is 23.8. The third kappa shape index (κ3) is 3.70. The van der Waals surface area contributed by atoms with E-state index in [1.165, 1.54) is 6.07 Å². The van der Waals surface area contributed by atoms with Crippen LogP contribution in [0.15, 0.2) is 22.7 Å². The van der Waals surface area contributed by atoms with Crippen LogP contribution in [-0.4, -0.2) is 41.2 Å². The molecule has 1 fully saturated rings. The molecule has 0 radical (unpaired) electrons. The van der Waals surface area contributed by atoms with Crippen molar-refractivity contribution in [3.63, 3.8) is 0 Å². The molecule has 1 aromatic carbocycles. The van der Waals surface area contributed by atoms with Crippen molar-refractivity contribution in [2.24, 2.45) is 0 Å². The molecule has 1 saturated heterocycles. The first-order chi connectivity index (χ1) is 9.77. The van der Waals surface area contributed by atoms with Crippen LogP contribution in [0, 0.1) is 10.1 Å². The first-order valence-corrected chi connectivity index (χ1v) is 7.17. The van der Waals surface area contributed by atoms with E-state index >= 15 is 0 Å². The van der Waals surface area contributed by atoms with E-state index in [1.807, 2.05) is 0 Å². The fraction of sp³-hybridized carbons (Fsp3) is 0.538. The van der Waals surface area contributed by atoms with Crippen molar-refractivity contribution in [3.05, 3.63) is 32.8 Å². The summed E-state index contributed by atoms with van der Waals surface area (Å²) in [5.41, 5.74) is -0.681. The largest absolute Gasteiger partial charge is 0.394 e. The van der Waals surface area contributed by atoms with Crippen LogP contribution in [0.4, 0.5) is 11.4 Å². The highest BCUT2D eigenvalue weighted by atomic mass is 79.9. The van der Waals surface area contributed by atoms with Gasteiger partial charge in [0.2, 0.25) is 0 Å². The molecule has 0 bridgehead atoms. The second-order valence-electron chi connectivity index (χ2n) is 5.46. The van der Waals surface area contributed by atoms with Crippen molar-refractivity contribution >= 4 is 27.3 Å². The summed E-state index contributed by atoms with van der Waals surface area (Å²) >= 11 is 3.20. The minimum atomic E-state index is -0.909. The minimum Gasteiger partial charge on any atom is -0.394 e. The molecule has 1 aliphatic rings. The van der Waals surface area contributed by atoms with E-state index in [0.29, 0.717) is 10.2 Å². The Balaban J connectivity index is 2.25. The fourth-order valence-electron chi connectivity index (χ4n) is 1.96. The number of rotatable bonds is 4. The molecule has 0 amide bonds. The van der Waals surface area contributed by atoms with Crippen LogP contribution in [0.2, 0.25) is 0 Å². The summed E-state index contributed by atoms with van der Waals surface area (Å²) in [5.74, 6) is -0.730. The fourth-order valence-corrected chi connectivity index (χ4v) is 2.31. The highest BCUT2D eigenvalue weighted by Gasteiger charge is 2.40. The molecule has 21 heavy (non-hydrogen) atoms. The Morgan fingerprint density at radius 2 is 2.05 bits per heavy atom. The number of nitrogens with one attached hydrogen (secondary N) is 1. The van der Waals surface area contributed by atoms with Crippen molar-refractivity contribution in [1.29, 1.82) is 0 Å². The number of aliphatic hydroxyl groups excluding tert-OH is 1. The predicted octanol–water partition coefficient (Wildman–Crippen LogP) is 2.28. The first kappa shape index (κ1) is 16.2. The standard InChI is InChI=1S/C13H17BrN2O5/c1-12(2)20-7-13(6-17,8-21-12)15-10-4-3-9(14)5-11(10)16(18)19/h3-5,15,17H,6-8H2,1-2H3. The van der Waals surface area contributed by atoms with Gasteiger partial charge in [-0.1, -0.05) is 15.9 Å². The van der Waals surface area contributed by atoms with Crippen molar-refractivity contribution < 1.29 is 19.5 Å². The van der Waals surface area contributed by atoms with Gasteiger partial charge in [0.25, 0.3) is 5.69 Å². The van der Waals surface area contributed by atoms with E-state index in [2.05, 4.69) is 21.2 Å². The van der Waals surface area contributed by atoms with Gasteiger partial charge in [-0.15, -0.1) is 0 Å². The summed E-state index contributed by atoms with van der Waals surface area (Å²) in [6.07, 6.45) is 0. The molecule has 1 aliphatic heterocycles. The molecule has 0 aliphatic carbocycles. The Hall–Kier alpha value is -1.22. The quantitative estimate of drug-likeness (QED) is 0.631. The molecule has 116 valence electrons. The van der Waals surface area contributed by atoms with E-state index in [-0.39, 0.29) is 25.5 Å². The second kappa shape index (κ2) is 5.88. The molecule has 0 unspecified atom stereocenters. The normalized spacial score (nSPS) is 20.0. The second-order valence-corrected chi connectivity index (χ2v) is 6.37. The van der Waals surface area contributed by atoms with Gasteiger partial charge in [0.15, 0.2) is 5.79 Å². The van der Waals surface area contributed by atoms with Crippen molar-refractivity contribution in [2.45, 2.75) is 25.2 Å². The lowest BCUT2D eigenvalue weighted by Crippen LogP contribution is -2.58. The molecular weight excluding hydrogens is 344 g/mol. The number of ether oxygens (including phenoxy) is 2. The van der Waals surface area contributed by atoms with Gasteiger partial charge >= 0.3 is 0 Å². The van der Waals surface area contributed by atoms with Gasteiger partial charge in [-0.3, -0.25) is 10.1 Å². The van der Waals surface area contributed by atoms with Gasteiger partial charge < -0.3 is 19.9 Å². The van der Waals surface area contributed by atoms with Crippen molar-refractivity contribution in [1.82, 2.24) is 0 Å². The van der Waals surface area contributed by atoms with E-state index < -0.39 is 16.2 Å². The lowest BCUT2D eigenvalue weighted by Gasteiger charge is -2.43. The number of nitrogens with zero attached hydrogens (tertiary/aromatic N) is 1. The summed E-state index contributed by atoms with van der Waals surface area (Å²) in [6, 6.07) is 4.68.